The molecule has 4 nitrogen and oxygen atoms in total. The van der Waals surface area contributed by atoms with Gasteiger partial charge in [-0.2, -0.15) is 5.10 Å². The van der Waals surface area contributed by atoms with Crippen LogP contribution >= 0.6 is 23.2 Å². The van der Waals surface area contributed by atoms with Gasteiger partial charge in [-0.3, -0.25) is 9.89 Å². The SMILES string of the molecule is O=C(Cc1c(Cl)cccc1Cl)Nc1cccc(-c2ccn[nH]2)c1. The van der Waals surface area contributed by atoms with E-state index in [-0.39, 0.29) is 12.3 Å². The lowest BCUT2D eigenvalue weighted by atomic mass is 10.1. The van der Waals surface area contributed by atoms with Crippen molar-refractivity contribution in [3.63, 3.8) is 0 Å². The van der Waals surface area contributed by atoms with Crippen LogP contribution in [0.3, 0.4) is 0 Å². The van der Waals surface area contributed by atoms with Crippen molar-refractivity contribution in [2.75, 3.05) is 5.32 Å². The molecule has 0 unspecified atom stereocenters. The quantitative estimate of drug-likeness (QED) is 0.727. The van der Waals surface area contributed by atoms with E-state index in [9.17, 15) is 4.79 Å². The van der Waals surface area contributed by atoms with Gasteiger partial charge in [-0.1, -0.05) is 41.4 Å². The molecule has 0 saturated carbocycles. The van der Waals surface area contributed by atoms with Gasteiger partial charge in [-0.25, -0.2) is 0 Å². The summed E-state index contributed by atoms with van der Waals surface area (Å²) >= 11 is 12.2. The molecule has 0 spiro atoms. The molecule has 0 aliphatic heterocycles. The fourth-order valence-electron chi connectivity index (χ4n) is 2.25. The van der Waals surface area contributed by atoms with Crippen molar-refractivity contribution in [3.05, 3.63) is 70.3 Å². The van der Waals surface area contributed by atoms with Gasteiger partial charge in [0.15, 0.2) is 0 Å². The van der Waals surface area contributed by atoms with Crippen LogP contribution in [0.5, 0.6) is 0 Å². The third-order valence-corrected chi connectivity index (χ3v) is 4.07. The van der Waals surface area contributed by atoms with Crippen LogP contribution in [0.4, 0.5) is 5.69 Å². The van der Waals surface area contributed by atoms with Crippen LogP contribution in [-0.2, 0) is 11.2 Å². The van der Waals surface area contributed by atoms with E-state index in [1.165, 1.54) is 0 Å². The van der Waals surface area contributed by atoms with E-state index in [0.717, 1.165) is 11.3 Å². The summed E-state index contributed by atoms with van der Waals surface area (Å²) in [7, 11) is 0. The first-order chi connectivity index (χ1) is 11.1. The Morgan fingerprint density at radius 1 is 1.09 bits per heavy atom. The molecule has 0 aliphatic rings. The number of nitrogens with one attached hydrogen (secondary N) is 2. The number of hydrogen-bond acceptors (Lipinski definition) is 2. The van der Waals surface area contributed by atoms with Crippen LogP contribution in [0.2, 0.25) is 10.0 Å². The first kappa shape index (κ1) is 15.6. The van der Waals surface area contributed by atoms with Gasteiger partial charge in [-0.15, -0.1) is 0 Å². The number of H-pyrrole nitrogens is 1. The monoisotopic (exact) mass is 345 g/mol. The summed E-state index contributed by atoms with van der Waals surface area (Å²) in [6.45, 7) is 0. The lowest BCUT2D eigenvalue weighted by molar-refractivity contribution is -0.115. The zero-order valence-electron chi connectivity index (χ0n) is 12.0. The zero-order valence-corrected chi connectivity index (χ0v) is 13.5. The molecule has 0 atom stereocenters. The van der Waals surface area contributed by atoms with E-state index in [0.29, 0.717) is 21.3 Å². The van der Waals surface area contributed by atoms with E-state index in [1.54, 1.807) is 24.4 Å². The highest BCUT2D eigenvalue weighted by Crippen LogP contribution is 2.25. The number of aromatic nitrogens is 2. The van der Waals surface area contributed by atoms with Crippen LogP contribution in [-0.4, -0.2) is 16.1 Å². The van der Waals surface area contributed by atoms with Gasteiger partial charge in [0.25, 0.3) is 0 Å². The predicted molar refractivity (Wildman–Crippen MR) is 92.8 cm³/mol. The molecule has 0 radical (unpaired) electrons. The first-order valence-electron chi connectivity index (χ1n) is 6.96. The number of aromatic amines is 1. The van der Waals surface area contributed by atoms with Gasteiger partial charge in [0, 0.05) is 27.5 Å². The Morgan fingerprint density at radius 2 is 1.83 bits per heavy atom. The summed E-state index contributed by atoms with van der Waals surface area (Å²) in [5.41, 5.74) is 3.15. The van der Waals surface area contributed by atoms with E-state index < -0.39 is 0 Å². The summed E-state index contributed by atoms with van der Waals surface area (Å²) in [6, 6.07) is 14.6. The standard InChI is InChI=1S/C17H13Cl2N3O/c18-14-5-2-6-15(19)13(14)10-17(23)21-12-4-1-3-11(9-12)16-7-8-20-22-16/h1-9H,10H2,(H,20,22)(H,21,23). The number of hydrogen-bond donors (Lipinski definition) is 2. The van der Waals surface area contributed by atoms with Gasteiger partial charge in [0.05, 0.1) is 12.1 Å². The smallest absolute Gasteiger partial charge is 0.228 e. The van der Waals surface area contributed by atoms with E-state index in [4.69, 9.17) is 23.2 Å². The Labute approximate surface area is 143 Å². The van der Waals surface area contributed by atoms with Gasteiger partial charge in [0.2, 0.25) is 5.91 Å². The Hall–Kier alpha value is -2.30. The predicted octanol–water partition coefficient (Wildman–Crippen LogP) is 4.56. The van der Waals surface area contributed by atoms with Crippen molar-refractivity contribution in [2.45, 2.75) is 6.42 Å². The minimum absolute atomic E-state index is 0.118. The summed E-state index contributed by atoms with van der Waals surface area (Å²) in [4.78, 5) is 12.2. The second kappa shape index (κ2) is 6.86. The summed E-state index contributed by atoms with van der Waals surface area (Å²) in [6.07, 6.45) is 1.80. The molecule has 0 bridgehead atoms. The molecular formula is C17H13Cl2N3O. The number of carbonyl (C=O) groups is 1. The highest BCUT2D eigenvalue weighted by Gasteiger charge is 2.11. The molecule has 1 aromatic heterocycles. The van der Waals surface area contributed by atoms with Crippen LogP contribution in [0.25, 0.3) is 11.3 Å². The van der Waals surface area contributed by atoms with Crippen LogP contribution in [0.1, 0.15) is 5.56 Å². The largest absolute Gasteiger partial charge is 0.326 e. The number of nitrogens with zero attached hydrogens (tertiary/aromatic N) is 1. The second-order valence-electron chi connectivity index (χ2n) is 4.98. The third kappa shape index (κ3) is 3.73. The highest BCUT2D eigenvalue weighted by molar-refractivity contribution is 6.36. The Kier molecular flexibility index (Phi) is 4.65. The summed E-state index contributed by atoms with van der Waals surface area (Å²) in [5.74, 6) is -0.179. The molecule has 0 saturated heterocycles. The maximum atomic E-state index is 12.2. The average molecular weight is 346 g/mol. The molecular weight excluding hydrogens is 333 g/mol. The average Bonchev–Trinajstić information content (AvgIpc) is 3.06. The van der Waals surface area contributed by atoms with Crippen molar-refractivity contribution < 1.29 is 4.79 Å². The lowest BCUT2D eigenvalue weighted by Crippen LogP contribution is -2.15. The molecule has 0 aliphatic carbocycles. The van der Waals surface area contributed by atoms with Crippen molar-refractivity contribution in [1.82, 2.24) is 10.2 Å². The normalized spacial score (nSPS) is 10.5. The van der Waals surface area contributed by atoms with Crippen molar-refractivity contribution >= 4 is 34.8 Å². The minimum Gasteiger partial charge on any atom is -0.326 e. The molecule has 1 heterocycles. The van der Waals surface area contributed by atoms with Crippen molar-refractivity contribution in [3.8, 4) is 11.3 Å². The van der Waals surface area contributed by atoms with Crippen molar-refractivity contribution in [2.24, 2.45) is 0 Å². The molecule has 2 aromatic carbocycles. The van der Waals surface area contributed by atoms with Gasteiger partial charge in [0.1, 0.15) is 0 Å². The van der Waals surface area contributed by atoms with Crippen LogP contribution in [0.15, 0.2) is 54.7 Å². The van der Waals surface area contributed by atoms with E-state index in [2.05, 4.69) is 15.5 Å². The second-order valence-corrected chi connectivity index (χ2v) is 5.79. The number of amides is 1. The Bertz CT molecular complexity index is 811. The van der Waals surface area contributed by atoms with Gasteiger partial charge >= 0.3 is 0 Å². The molecule has 23 heavy (non-hydrogen) atoms. The third-order valence-electron chi connectivity index (χ3n) is 3.36. The summed E-state index contributed by atoms with van der Waals surface area (Å²) < 4.78 is 0. The topological polar surface area (TPSA) is 57.8 Å². The van der Waals surface area contributed by atoms with Crippen LogP contribution in [0, 0.1) is 0 Å². The molecule has 1 amide bonds. The molecule has 2 N–H and O–H groups in total. The fraction of sp³-hybridized carbons (Fsp3) is 0.0588. The van der Waals surface area contributed by atoms with Gasteiger partial charge < -0.3 is 5.32 Å². The van der Waals surface area contributed by atoms with Gasteiger partial charge in [-0.05, 0) is 35.9 Å². The number of benzene rings is 2. The molecule has 3 aromatic rings. The molecule has 116 valence electrons. The maximum absolute atomic E-state index is 12.2. The number of carbonyl (C=O) groups excluding carboxylic acids is 1. The number of anilines is 1. The number of rotatable bonds is 4. The molecule has 3 rings (SSSR count). The minimum atomic E-state index is -0.179. The fourth-order valence-corrected chi connectivity index (χ4v) is 2.78. The van der Waals surface area contributed by atoms with Crippen LogP contribution < -0.4 is 5.32 Å². The first-order valence-corrected chi connectivity index (χ1v) is 7.71. The maximum Gasteiger partial charge on any atom is 0.228 e. The lowest BCUT2D eigenvalue weighted by Gasteiger charge is -2.09. The molecule has 0 fully saturated rings. The summed E-state index contributed by atoms with van der Waals surface area (Å²) in [5, 5.41) is 10.6. The Morgan fingerprint density at radius 3 is 2.52 bits per heavy atom. The zero-order chi connectivity index (χ0) is 16.2. The Balaban J connectivity index is 1.75. The number of halogens is 2. The van der Waals surface area contributed by atoms with E-state index in [1.807, 2.05) is 30.3 Å². The molecule has 6 heteroatoms. The van der Waals surface area contributed by atoms with E-state index >= 15 is 0 Å². The van der Waals surface area contributed by atoms with Crippen molar-refractivity contribution in [1.29, 1.82) is 0 Å². The highest BCUT2D eigenvalue weighted by atomic mass is 35.5.